The SMILES string of the molecule is Cc1cc([N+](=O)[O-])c(C(C)(C)C)cc1C(C)(C)C. The van der Waals surface area contributed by atoms with Crippen molar-refractivity contribution in [2.75, 3.05) is 0 Å². The van der Waals surface area contributed by atoms with Crippen LogP contribution in [0.5, 0.6) is 0 Å². The lowest BCUT2D eigenvalue weighted by molar-refractivity contribution is -0.386. The fourth-order valence-electron chi connectivity index (χ4n) is 2.25. The Bertz CT molecular complexity index is 476. The molecule has 0 saturated carbocycles. The Morgan fingerprint density at radius 3 is 1.72 bits per heavy atom. The molecule has 18 heavy (non-hydrogen) atoms. The summed E-state index contributed by atoms with van der Waals surface area (Å²) >= 11 is 0. The lowest BCUT2D eigenvalue weighted by atomic mass is 9.78. The average Bonchev–Trinajstić information content (AvgIpc) is 2.12. The van der Waals surface area contributed by atoms with Crippen molar-refractivity contribution in [2.45, 2.75) is 59.3 Å². The maximum absolute atomic E-state index is 11.2. The van der Waals surface area contributed by atoms with Crippen molar-refractivity contribution < 1.29 is 4.92 Å². The maximum atomic E-state index is 11.2. The molecule has 100 valence electrons. The molecule has 0 amide bonds. The van der Waals surface area contributed by atoms with Gasteiger partial charge in [0.05, 0.1) is 4.92 Å². The lowest BCUT2D eigenvalue weighted by Gasteiger charge is -2.26. The molecule has 0 aliphatic carbocycles. The molecule has 0 aromatic heterocycles. The summed E-state index contributed by atoms with van der Waals surface area (Å²) in [6, 6.07) is 3.72. The fraction of sp³-hybridized carbons (Fsp3) is 0.600. The van der Waals surface area contributed by atoms with E-state index in [2.05, 4.69) is 20.8 Å². The van der Waals surface area contributed by atoms with Gasteiger partial charge in [-0.2, -0.15) is 0 Å². The fourth-order valence-corrected chi connectivity index (χ4v) is 2.25. The number of nitrogens with zero attached hydrogens (tertiary/aromatic N) is 1. The van der Waals surface area contributed by atoms with Gasteiger partial charge in [0.15, 0.2) is 0 Å². The minimum atomic E-state index is -0.278. The quantitative estimate of drug-likeness (QED) is 0.543. The zero-order chi connectivity index (χ0) is 14.3. The smallest absolute Gasteiger partial charge is 0.258 e. The van der Waals surface area contributed by atoms with Crippen molar-refractivity contribution in [3.63, 3.8) is 0 Å². The van der Waals surface area contributed by atoms with E-state index in [1.165, 1.54) is 5.56 Å². The van der Waals surface area contributed by atoms with Crippen LogP contribution in [-0.4, -0.2) is 4.92 Å². The van der Waals surface area contributed by atoms with Crippen LogP contribution in [0, 0.1) is 17.0 Å². The third-order valence-electron chi connectivity index (χ3n) is 3.16. The third-order valence-corrected chi connectivity index (χ3v) is 3.16. The summed E-state index contributed by atoms with van der Waals surface area (Å²) in [7, 11) is 0. The Balaban J connectivity index is 3.62. The number of hydrogen-bond donors (Lipinski definition) is 0. The highest BCUT2D eigenvalue weighted by atomic mass is 16.6. The molecule has 3 heteroatoms. The first-order valence-electron chi connectivity index (χ1n) is 6.24. The van der Waals surface area contributed by atoms with Crippen LogP contribution in [0.2, 0.25) is 0 Å². The first kappa shape index (κ1) is 14.7. The second-order valence-electron chi connectivity index (χ2n) is 6.94. The Kier molecular flexibility index (Phi) is 3.57. The Hall–Kier alpha value is -1.38. The monoisotopic (exact) mass is 249 g/mol. The van der Waals surface area contributed by atoms with Gasteiger partial charge in [-0.15, -0.1) is 0 Å². The molecule has 0 aliphatic rings. The number of rotatable bonds is 1. The summed E-state index contributed by atoms with van der Waals surface area (Å²) in [5, 5.41) is 11.2. The van der Waals surface area contributed by atoms with Crippen LogP contribution in [-0.2, 0) is 10.8 Å². The molecular weight excluding hydrogens is 226 g/mol. The predicted octanol–water partition coefficient (Wildman–Crippen LogP) is 4.50. The molecule has 0 heterocycles. The van der Waals surface area contributed by atoms with E-state index in [4.69, 9.17) is 0 Å². The van der Waals surface area contributed by atoms with Gasteiger partial charge in [-0.1, -0.05) is 41.5 Å². The largest absolute Gasteiger partial charge is 0.273 e. The van der Waals surface area contributed by atoms with Crippen molar-refractivity contribution in [3.8, 4) is 0 Å². The van der Waals surface area contributed by atoms with E-state index in [0.717, 1.165) is 11.1 Å². The van der Waals surface area contributed by atoms with Crippen molar-refractivity contribution in [1.29, 1.82) is 0 Å². The number of nitro benzene ring substituents is 1. The molecule has 0 spiro atoms. The molecule has 0 fully saturated rings. The number of benzene rings is 1. The van der Waals surface area contributed by atoms with Crippen molar-refractivity contribution in [3.05, 3.63) is 38.9 Å². The molecular formula is C15H23NO2. The van der Waals surface area contributed by atoms with Gasteiger partial charge in [0.25, 0.3) is 5.69 Å². The van der Waals surface area contributed by atoms with E-state index in [9.17, 15) is 10.1 Å². The van der Waals surface area contributed by atoms with Crippen LogP contribution in [0.4, 0.5) is 5.69 Å². The van der Waals surface area contributed by atoms with Gasteiger partial charge in [-0.05, 0) is 34.9 Å². The number of hydrogen-bond acceptors (Lipinski definition) is 2. The van der Waals surface area contributed by atoms with E-state index < -0.39 is 0 Å². The molecule has 1 aromatic rings. The van der Waals surface area contributed by atoms with Crippen LogP contribution in [0.1, 0.15) is 58.2 Å². The topological polar surface area (TPSA) is 43.1 Å². The summed E-state index contributed by atoms with van der Waals surface area (Å²) in [6.45, 7) is 14.4. The highest BCUT2D eigenvalue weighted by molar-refractivity contribution is 5.51. The van der Waals surface area contributed by atoms with Crippen LogP contribution < -0.4 is 0 Å². The number of aryl methyl sites for hydroxylation is 1. The van der Waals surface area contributed by atoms with Crippen molar-refractivity contribution in [1.82, 2.24) is 0 Å². The molecule has 1 aromatic carbocycles. The zero-order valence-electron chi connectivity index (χ0n) is 12.4. The van der Waals surface area contributed by atoms with Gasteiger partial charge >= 0.3 is 0 Å². The predicted molar refractivity (Wildman–Crippen MR) is 75.2 cm³/mol. The Morgan fingerprint density at radius 1 is 0.944 bits per heavy atom. The van der Waals surface area contributed by atoms with E-state index in [0.29, 0.717) is 0 Å². The summed E-state index contributed by atoms with van der Waals surface area (Å²) in [5.74, 6) is 0. The molecule has 0 unspecified atom stereocenters. The number of nitro groups is 1. The van der Waals surface area contributed by atoms with Crippen molar-refractivity contribution in [2.24, 2.45) is 0 Å². The molecule has 0 bridgehead atoms. The van der Waals surface area contributed by atoms with Crippen LogP contribution in [0.25, 0.3) is 0 Å². The van der Waals surface area contributed by atoms with Gasteiger partial charge in [0.1, 0.15) is 0 Å². The summed E-state index contributed by atoms with van der Waals surface area (Å²) in [4.78, 5) is 10.9. The molecule has 0 atom stereocenters. The van der Waals surface area contributed by atoms with Gasteiger partial charge < -0.3 is 0 Å². The normalized spacial score (nSPS) is 12.6. The summed E-state index contributed by atoms with van der Waals surface area (Å²) in [5.41, 5.74) is 2.98. The minimum Gasteiger partial charge on any atom is -0.258 e. The lowest BCUT2D eigenvalue weighted by Crippen LogP contribution is -2.19. The van der Waals surface area contributed by atoms with Gasteiger partial charge in [0.2, 0.25) is 0 Å². The van der Waals surface area contributed by atoms with Crippen LogP contribution in [0.3, 0.4) is 0 Å². The standard InChI is InChI=1S/C15H23NO2/c1-10-8-13(16(17)18)12(15(5,6)7)9-11(10)14(2,3)4/h8-9H,1-7H3. The van der Waals surface area contributed by atoms with Crippen LogP contribution >= 0.6 is 0 Å². The molecule has 0 aliphatic heterocycles. The minimum absolute atomic E-state index is 0.000782. The third kappa shape index (κ3) is 2.89. The molecule has 0 N–H and O–H groups in total. The Labute approximate surface area is 109 Å². The van der Waals surface area contributed by atoms with Gasteiger partial charge in [-0.3, -0.25) is 10.1 Å². The van der Waals surface area contributed by atoms with Gasteiger partial charge in [-0.25, -0.2) is 0 Å². The van der Waals surface area contributed by atoms with Gasteiger partial charge in [0, 0.05) is 11.6 Å². The van der Waals surface area contributed by atoms with E-state index in [1.807, 2.05) is 33.8 Å². The maximum Gasteiger partial charge on any atom is 0.273 e. The summed E-state index contributed by atoms with van der Waals surface area (Å²) < 4.78 is 0. The highest BCUT2D eigenvalue weighted by Gasteiger charge is 2.28. The Morgan fingerprint density at radius 2 is 1.39 bits per heavy atom. The van der Waals surface area contributed by atoms with Crippen LogP contribution in [0.15, 0.2) is 12.1 Å². The van der Waals surface area contributed by atoms with E-state index >= 15 is 0 Å². The molecule has 1 rings (SSSR count). The average molecular weight is 249 g/mol. The van der Waals surface area contributed by atoms with E-state index in [-0.39, 0.29) is 21.4 Å². The molecule has 3 nitrogen and oxygen atoms in total. The zero-order valence-corrected chi connectivity index (χ0v) is 12.4. The molecule has 0 saturated heterocycles. The highest BCUT2D eigenvalue weighted by Crippen LogP contribution is 2.37. The first-order valence-corrected chi connectivity index (χ1v) is 6.24. The van der Waals surface area contributed by atoms with E-state index in [1.54, 1.807) is 6.07 Å². The second kappa shape index (κ2) is 4.38. The van der Waals surface area contributed by atoms with Crippen molar-refractivity contribution >= 4 is 5.69 Å². The summed E-state index contributed by atoms with van der Waals surface area (Å²) in [6.07, 6.45) is 0. The second-order valence-corrected chi connectivity index (χ2v) is 6.94. The first-order chi connectivity index (χ1) is 7.94. The molecule has 0 radical (unpaired) electrons.